The zero-order chi connectivity index (χ0) is 13.9. The van der Waals surface area contributed by atoms with E-state index in [2.05, 4.69) is 4.98 Å². The summed E-state index contributed by atoms with van der Waals surface area (Å²) >= 11 is 0. The first-order chi connectivity index (χ1) is 9.79. The van der Waals surface area contributed by atoms with Crippen LogP contribution in [0.2, 0.25) is 0 Å². The van der Waals surface area contributed by atoms with Crippen LogP contribution in [-0.4, -0.2) is 41.6 Å². The van der Waals surface area contributed by atoms with Gasteiger partial charge in [0.1, 0.15) is 0 Å². The Kier molecular flexibility index (Phi) is 3.74. The normalized spacial score (nSPS) is 19.4. The monoisotopic (exact) mass is 272 g/mol. The molecule has 4 heteroatoms. The molecule has 1 fully saturated rings. The summed E-state index contributed by atoms with van der Waals surface area (Å²) < 4.78 is 5.67. The SMILES string of the molecule is CCOC1CCCN(C(=O)c2c[nH]c3ccccc23)C1. The lowest BCUT2D eigenvalue weighted by molar-refractivity contribution is 0.00731. The third kappa shape index (κ3) is 2.43. The minimum Gasteiger partial charge on any atom is -0.377 e. The summed E-state index contributed by atoms with van der Waals surface area (Å²) in [5.74, 6) is 0.104. The zero-order valence-electron chi connectivity index (χ0n) is 11.8. The van der Waals surface area contributed by atoms with Gasteiger partial charge in [0.2, 0.25) is 0 Å². The van der Waals surface area contributed by atoms with Crippen molar-refractivity contribution in [1.82, 2.24) is 9.88 Å². The van der Waals surface area contributed by atoms with Crippen LogP contribution < -0.4 is 0 Å². The van der Waals surface area contributed by atoms with Crippen molar-refractivity contribution >= 4 is 16.8 Å². The summed E-state index contributed by atoms with van der Waals surface area (Å²) in [6, 6.07) is 7.92. The smallest absolute Gasteiger partial charge is 0.256 e. The zero-order valence-corrected chi connectivity index (χ0v) is 11.8. The molecule has 106 valence electrons. The molecule has 1 aromatic heterocycles. The lowest BCUT2D eigenvalue weighted by atomic mass is 10.1. The van der Waals surface area contributed by atoms with Crippen LogP contribution in [0.5, 0.6) is 0 Å². The lowest BCUT2D eigenvalue weighted by Gasteiger charge is -2.32. The van der Waals surface area contributed by atoms with Gasteiger partial charge in [0.05, 0.1) is 11.7 Å². The highest BCUT2D eigenvalue weighted by Gasteiger charge is 2.26. The number of ether oxygens (including phenoxy) is 1. The molecule has 0 bridgehead atoms. The Morgan fingerprint density at radius 2 is 2.30 bits per heavy atom. The average molecular weight is 272 g/mol. The number of hydrogen-bond acceptors (Lipinski definition) is 2. The van der Waals surface area contributed by atoms with Gasteiger partial charge < -0.3 is 14.6 Å². The minimum absolute atomic E-state index is 0.104. The number of aromatic nitrogens is 1. The van der Waals surface area contributed by atoms with Crippen LogP contribution in [0, 0.1) is 0 Å². The third-order valence-corrected chi connectivity index (χ3v) is 3.89. The number of benzene rings is 1. The number of carbonyl (C=O) groups is 1. The van der Waals surface area contributed by atoms with E-state index in [0.29, 0.717) is 13.2 Å². The van der Waals surface area contributed by atoms with E-state index in [1.807, 2.05) is 42.3 Å². The molecule has 1 N–H and O–H groups in total. The molecule has 0 spiro atoms. The fourth-order valence-electron chi connectivity index (χ4n) is 2.91. The second kappa shape index (κ2) is 5.67. The topological polar surface area (TPSA) is 45.3 Å². The van der Waals surface area contributed by atoms with Crippen LogP contribution in [0.1, 0.15) is 30.1 Å². The molecule has 1 aliphatic rings. The van der Waals surface area contributed by atoms with E-state index in [4.69, 9.17) is 4.74 Å². The highest BCUT2D eigenvalue weighted by molar-refractivity contribution is 6.06. The maximum absolute atomic E-state index is 12.7. The molecular weight excluding hydrogens is 252 g/mol. The van der Waals surface area contributed by atoms with E-state index in [0.717, 1.165) is 35.9 Å². The maximum atomic E-state index is 12.7. The molecule has 2 aromatic rings. The number of likely N-dealkylation sites (tertiary alicyclic amines) is 1. The van der Waals surface area contributed by atoms with Crippen molar-refractivity contribution in [3.05, 3.63) is 36.0 Å². The highest BCUT2D eigenvalue weighted by Crippen LogP contribution is 2.22. The Hall–Kier alpha value is -1.81. The van der Waals surface area contributed by atoms with Gasteiger partial charge in [-0.15, -0.1) is 0 Å². The van der Waals surface area contributed by atoms with Crippen LogP contribution in [0.3, 0.4) is 0 Å². The fraction of sp³-hybridized carbons (Fsp3) is 0.438. The number of hydrogen-bond donors (Lipinski definition) is 1. The standard InChI is InChI=1S/C16H20N2O2/c1-2-20-12-6-5-9-18(11-12)16(19)14-10-17-15-8-4-3-7-13(14)15/h3-4,7-8,10,12,17H,2,5-6,9,11H2,1H3. The Morgan fingerprint density at radius 1 is 1.45 bits per heavy atom. The second-order valence-electron chi connectivity index (χ2n) is 5.22. The van der Waals surface area contributed by atoms with Gasteiger partial charge in [0.15, 0.2) is 0 Å². The molecular formula is C16H20N2O2. The van der Waals surface area contributed by atoms with Crippen molar-refractivity contribution in [2.45, 2.75) is 25.9 Å². The predicted molar refractivity (Wildman–Crippen MR) is 78.9 cm³/mol. The van der Waals surface area contributed by atoms with Gasteiger partial charge in [-0.3, -0.25) is 4.79 Å². The van der Waals surface area contributed by atoms with Crippen molar-refractivity contribution < 1.29 is 9.53 Å². The van der Waals surface area contributed by atoms with Crippen LogP contribution >= 0.6 is 0 Å². The molecule has 1 aromatic carbocycles. The summed E-state index contributed by atoms with van der Waals surface area (Å²) in [5.41, 5.74) is 1.77. The summed E-state index contributed by atoms with van der Waals surface area (Å²) in [7, 11) is 0. The number of rotatable bonds is 3. The molecule has 3 rings (SSSR count). The highest BCUT2D eigenvalue weighted by atomic mass is 16.5. The number of amides is 1. The van der Waals surface area contributed by atoms with E-state index in [-0.39, 0.29) is 12.0 Å². The van der Waals surface area contributed by atoms with Gasteiger partial charge in [0, 0.05) is 36.8 Å². The van der Waals surface area contributed by atoms with Crippen molar-refractivity contribution in [1.29, 1.82) is 0 Å². The van der Waals surface area contributed by atoms with E-state index >= 15 is 0 Å². The number of aromatic amines is 1. The summed E-state index contributed by atoms with van der Waals surface area (Å²) in [6.45, 7) is 4.23. The number of carbonyl (C=O) groups excluding carboxylic acids is 1. The first-order valence-corrected chi connectivity index (χ1v) is 7.26. The van der Waals surface area contributed by atoms with Gasteiger partial charge in [-0.05, 0) is 25.8 Å². The molecule has 0 radical (unpaired) electrons. The molecule has 1 atom stereocenters. The van der Waals surface area contributed by atoms with E-state index < -0.39 is 0 Å². The summed E-state index contributed by atoms with van der Waals surface area (Å²) in [6.07, 6.45) is 4.06. The summed E-state index contributed by atoms with van der Waals surface area (Å²) in [5, 5.41) is 0.996. The molecule has 2 heterocycles. The van der Waals surface area contributed by atoms with Gasteiger partial charge in [-0.2, -0.15) is 0 Å². The molecule has 1 aliphatic heterocycles. The van der Waals surface area contributed by atoms with Crippen molar-refractivity contribution in [2.24, 2.45) is 0 Å². The first-order valence-electron chi connectivity index (χ1n) is 7.26. The van der Waals surface area contributed by atoms with E-state index in [1.54, 1.807) is 0 Å². The second-order valence-corrected chi connectivity index (χ2v) is 5.22. The molecule has 20 heavy (non-hydrogen) atoms. The number of nitrogens with zero attached hydrogens (tertiary/aromatic N) is 1. The van der Waals surface area contributed by atoms with Crippen LogP contribution in [-0.2, 0) is 4.74 Å². The molecule has 1 unspecified atom stereocenters. The Balaban J connectivity index is 1.81. The number of nitrogens with one attached hydrogen (secondary N) is 1. The Labute approximate surface area is 118 Å². The van der Waals surface area contributed by atoms with Crippen molar-refractivity contribution in [3.63, 3.8) is 0 Å². The minimum atomic E-state index is 0.104. The number of piperidine rings is 1. The molecule has 1 saturated heterocycles. The molecule has 4 nitrogen and oxygen atoms in total. The average Bonchev–Trinajstić information content (AvgIpc) is 2.91. The van der Waals surface area contributed by atoms with Crippen LogP contribution in [0.15, 0.2) is 30.5 Å². The lowest BCUT2D eigenvalue weighted by Crippen LogP contribution is -2.43. The Bertz CT molecular complexity index is 603. The predicted octanol–water partition coefficient (Wildman–Crippen LogP) is 2.81. The van der Waals surface area contributed by atoms with Gasteiger partial charge in [0.25, 0.3) is 5.91 Å². The number of H-pyrrole nitrogens is 1. The number of fused-ring (bicyclic) bond motifs is 1. The van der Waals surface area contributed by atoms with Gasteiger partial charge >= 0.3 is 0 Å². The quantitative estimate of drug-likeness (QED) is 0.933. The van der Waals surface area contributed by atoms with Crippen molar-refractivity contribution in [2.75, 3.05) is 19.7 Å². The van der Waals surface area contributed by atoms with Gasteiger partial charge in [-0.1, -0.05) is 18.2 Å². The third-order valence-electron chi connectivity index (χ3n) is 3.89. The maximum Gasteiger partial charge on any atom is 0.256 e. The van der Waals surface area contributed by atoms with Gasteiger partial charge in [-0.25, -0.2) is 0 Å². The first kappa shape index (κ1) is 13.2. The fourth-order valence-corrected chi connectivity index (χ4v) is 2.91. The largest absolute Gasteiger partial charge is 0.377 e. The van der Waals surface area contributed by atoms with Crippen LogP contribution in [0.25, 0.3) is 10.9 Å². The van der Waals surface area contributed by atoms with E-state index in [9.17, 15) is 4.79 Å². The molecule has 0 saturated carbocycles. The van der Waals surface area contributed by atoms with Crippen molar-refractivity contribution in [3.8, 4) is 0 Å². The molecule has 0 aliphatic carbocycles. The molecule has 1 amide bonds. The van der Waals surface area contributed by atoms with E-state index in [1.165, 1.54) is 0 Å². The van der Waals surface area contributed by atoms with Crippen LogP contribution in [0.4, 0.5) is 0 Å². The number of para-hydroxylation sites is 1. The summed E-state index contributed by atoms with van der Waals surface area (Å²) in [4.78, 5) is 17.8. The Morgan fingerprint density at radius 3 is 3.15 bits per heavy atom.